The third kappa shape index (κ3) is 3.89. The lowest BCUT2D eigenvalue weighted by Gasteiger charge is -2.14. The fraction of sp³-hybridized carbons (Fsp3) is 0.636. The molecular formula is C11H18N2O2S. The van der Waals surface area contributed by atoms with Crippen LogP contribution in [0.2, 0.25) is 0 Å². The number of nitrogens with zero attached hydrogens (tertiary/aromatic N) is 2. The number of thioether (sulfide) groups is 1. The molecule has 4 nitrogen and oxygen atoms in total. The van der Waals surface area contributed by atoms with Gasteiger partial charge in [-0.15, -0.1) is 11.8 Å². The van der Waals surface area contributed by atoms with Gasteiger partial charge in [-0.25, -0.2) is 0 Å². The van der Waals surface area contributed by atoms with Crippen LogP contribution in [0.4, 0.5) is 0 Å². The van der Waals surface area contributed by atoms with Gasteiger partial charge in [-0.3, -0.25) is 9.48 Å². The lowest BCUT2D eigenvalue weighted by Crippen LogP contribution is -2.23. The predicted octanol–water partition coefficient (Wildman–Crippen LogP) is 1.81. The average Bonchev–Trinajstić information content (AvgIpc) is 2.57. The van der Waals surface area contributed by atoms with Crippen LogP contribution in [0.5, 0.6) is 0 Å². The number of carboxylic acids is 1. The molecule has 90 valence electrons. The summed E-state index contributed by atoms with van der Waals surface area (Å²) in [6, 6.07) is 0. The molecule has 0 aliphatic carbocycles. The Hall–Kier alpha value is -0.970. The van der Waals surface area contributed by atoms with Gasteiger partial charge in [0.2, 0.25) is 0 Å². The topological polar surface area (TPSA) is 55.1 Å². The van der Waals surface area contributed by atoms with Crippen LogP contribution in [0.1, 0.15) is 19.4 Å². The summed E-state index contributed by atoms with van der Waals surface area (Å²) in [5.41, 5.74) is 1.16. The van der Waals surface area contributed by atoms with Crippen LogP contribution in [-0.4, -0.2) is 31.9 Å². The Morgan fingerprint density at radius 3 is 2.75 bits per heavy atom. The number of aromatic nitrogens is 2. The van der Waals surface area contributed by atoms with Crippen LogP contribution < -0.4 is 0 Å². The molecule has 0 aliphatic rings. The van der Waals surface area contributed by atoms with Gasteiger partial charge in [-0.1, -0.05) is 13.8 Å². The third-order valence-corrected chi connectivity index (χ3v) is 3.84. The van der Waals surface area contributed by atoms with E-state index in [0.717, 1.165) is 17.7 Å². The quantitative estimate of drug-likeness (QED) is 0.826. The van der Waals surface area contributed by atoms with E-state index in [1.54, 1.807) is 4.68 Å². The molecule has 0 saturated carbocycles. The lowest BCUT2D eigenvalue weighted by molar-refractivity contribution is -0.137. The highest BCUT2D eigenvalue weighted by atomic mass is 32.2. The maximum Gasteiger partial charge on any atom is 0.316 e. The van der Waals surface area contributed by atoms with Gasteiger partial charge in [-0.05, 0) is 23.7 Å². The van der Waals surface area contributed by atoms with E-state index in [9.17, 15) is 4.79 Å². The molecule has 0 aromatic carbocycles. The van der Waals surface area contributed by atoms with E-state index in [4.69, 9.17) is 5.11 Å². The third-order valence-electron chi connectivity index (χ3n) is 2.30. The molecule has 1 rings (SSSR count). The second kappa shape index (κ2) is 5.94. The van der Waals surface area contributed by atoms with Crippen molar-refractivity contribution in [1.29, 1.82) is 0 Å². The van der Waals surface area contributed by atoms with Crippen molar-refractivity contribution in [2.45, 2.75) is 25.5 Å². The van der Waals surface area contributed by atoms with Crippen LogP contribution in [0, 0.1) is 5.92 Å². The Labute approximate surface area is 100 Å². The molecule has 16 heavy (non-hydrogen) atoms. The minimum absolute atomic E-state index is 0.163. The number of aryl methyl sites for hydroxylation is 2. The second-order valence-corrected chi connectivity index (χ2v) is 5.40. The van der Waals surface area contributed by atoms with Crippen molar-refractivity contribution in [3.8, 4) is 0 Å². The van der Waals surface area contributed by atoms with Gasteiger partial charge in [-0.2, -0.15) is 5.10 Å². The number of aliphatic carboxylic acids is 1. The normalized spacial score (nSPS) is 13.0. The van der Waals surface area contributed by atoms with Gasteiger partial charge in [0.25, 0.3) is 0 Å². The Bertz CT molecular complexity index is 350. The summed E-state index contributed by atoms with van der Waals surface area (Å²) in [5.74, 6) is 0.267. The zero-order valence-electron chi connectivity index (χ0n) is 9.88. The maximum absolute atomic E-state index is 11.0. The van der Waals surface area contributed by atoms with E-state index in [2.05, 4.69) is 5.10 Å². The molecule has 0 aliphatic heterocycles. The number of hydrogen-bond donors (Lipinski definition) is 1. The number of rotatable bonds is 6. The molecule has 0 saturated heterocycles. The first-order valence-electron chi connectivity index (χ1n) is 5.32. The van der Waals surface area contributed by atoms with Gasteiger partial charge in [0.1, 0.15) is 5.25 Å². The van der Waals surface area contributed by atoms with Crippen molar-refractivity contribution in [2.75, 3.05) is 5.75 Å². The summed E-state index contributed by atoms with van der Waals surface area (Å²) in [7, 11) is 1.88. The standard InChI is InChI=1S/C11H18N2O2S/c1-8(2)10(11(14)15)16-5-4-9-6-12-13(3)7-9/h6-8,10H,4-5H2,1-3H3,(H,14,15). The van der Waals surface area contributed by atoms with Crippen LogP contribution in [0.3, 0.4) is 0 Å². The SMILES string of the molecule is CC(C)C(SCCc1cnn(C)c1)C(=O)O. The predicted molar refractivity (Wildman–Crippen MR) is 65.6 cm³/mol. The molecule has 1 heterocycles. The lowest BCUT2D eigenvalue weighted by atomic mass is 10.1. The van der Waals surface area contributed by atoms with Gasteiger partial charge in [0.05, 0.1) is 6.20 Å². The Kier molecular flexibility index (Phi) is 4.86. The highest BCUT2D eigenvalue weighted by Crippen LogP contribution is 2.20. The molecule has 1 atom stereocenters. The monoisotopic (exact) mass is 242 g/mol. The maximum atomic E-state index is 11.0. The zero-order chi connectivity index (χ0) is 12.1. The molecule has 0 fully saturated rings. The van der Waals surface area contributed by atoms with Crippen molar-refractivity contribution in [1.82, 2.24) is 9.78 Å². The minimum Gasteiger partial charge on any atom is -0.480 e. The fourth-order valence-electron chi connectivity index (χ4n) is 1.45. The van der Waals surface area contributed by atoms with Gasteiger partial charge >= 0.3 is 5.97 Å². The van der Waals surface area contributed by atoms with Crippen LogP contribution >= 0.6 is 11.8 Å². The van der Waals surface area contributed by atoms with Gasteiger partial charge < -0.3 is 5.11 Å². The van der Waals surface area contributed by atoms with E-state index in [1.165, 1.54) is 11.8 Å². The molecule has 0 radical (unpaired) electrons. The van der Waals surface area contributed by atoms with E-state index in [0.29, 0.717) is 0 Å². The Balaban J connectivity index is 2.36. The zero-order valence-corrected chi connectivity index (χ0v) is 10.7. The number of carboxylic acid groups (broad SMARTS) is 1. The van der Waals surface area contributed by atoms with Gasteiger partial charge in [0, 0.05) is 13.2 Å². The highest BCUT2D eigenvalue weighted by Gasteiger charge is 2.21. The molecule has 0 amide bonds. The number of hydrogen-bond acceptors (Lipinski definition) is 3. The first-order chi connectivity index (χ1) is 7.50. The van der Waals surface area contributed by atoms with Crippen molar-refractivity contribution in [3.05, 3.63) is 18.0 Å². The molecule has 0 bridgehead atoms. The summed E-state index contributed by atoms with van der Waals surface area (Å²) >= 11 is 1.51. The largest absolute Gasteiger partial charge is 0.480 e. The first kappa shape index (κ1) is 13.1. The Morgan fingerprint density at radius 1 is 1.62 bits per heavy atom. The van der Waals surface area contributed by atoms with Crippen molar-refractivity contribution in [2.24, 2.45) is 13.0 Å². The van der Waals surface area contributed by atoms with Crippen molar-refractivity contribution >= 4 is 17.7 Å². The van der Waals surface area contributed by atoms with Crippen molar-refractivity contribution < 1.29 is 9.90 Å². The summed E-state index contributed by atoms with van der Waals surface area (Å²) in [5, 5.41) is 12.8. The highest BCUT2D eigenvalue weighted by molar-refractivity contribution is 8.00. The summed E-state index contributed by atoms with van der Waals surface area (Å²) in [6.45, 7) is 3.88. The van der Waals surface area contributed by atoms with Crippen molar-refractivity contribution in [3.63, 3.8) is 0 Å². The Morgan fingerprint density at radius 2 is 2.31 bits per heavy atom. The summed E-state index contributed by atoms with van der Waals surface area (Å²) < 4.78 is 1.76. The second-order valence-electron chi connectivity index (χ2n) is 4.15. The van der Waals surface area contributed by atoms with E-state index in [-0.39, 0.29) is 11.2 Å². The first-order valence-corrected chi connectivity index (χ1v) is 6.37. The molecule has 1 aromatic heterocycles. The molecular weight excluding hydrogens is 224 g/mol. The average molecular weight is 242 g/mol. The smallest absolute Gasteiger partial charge is 0.316 e. The molecule has 1 N–H and O–H groups in total. The molecule has 1 aromatic rings. The van der Waals surface area contributed by atoms with Crippen LogP contribution in [0.15, 0.2) is 12.4 Å². The van der Waals surface area contributed by atoms with Gasteiger partial charge in [0.15, 0.2) is 0 Å². The van der Waals surface area contributed by atoms with E-state index < -0.39 is 5.97 Å². The fourth-order valence-corrected chi connectivity index (χ4v) is 2.59. The summed E-state index contributed by atoms with van der Waals surface area (Å²) in [6.07, 6.45) is 4.66. The molecule has 1 unspecified atom stereocenters. The number of carbonyl (C=O) groups is 1. The van der Waals surface area contributed by atoms with Crippen LogP contribution in [0.25, 0.3) is 0 Å². The molecule has 0 spiro atoms. The van der Waals surface area contributed by atoms with Crippen LogP contribution in [-0.2, 0) is 18.3 Å². The van der Waals surface area contributed by atoms with E-state index in [1.807, 2.05) is 33.3 Å². The minimum atomic E-state index is -0.716. The molecule has 5 heteroatoms. The summed E-state index contributed by atoms with van der Waals surface area (Å²) in [4.78, 5) is 11.0. The van der Waals surface area contributed by atoms with E-state index >= 15 is 0 Å².